The van der Waals surface area contributed by atoms with E-state index in [9.17, 15) is 24.6 Å². The number of rotatable bonds is 13. The molecule has 2 aromatic carbocycles. The van der Waals surface area contributed by atoms with Gasteiger partial charge < -0.3 is 4.90 Å². The Kier molecular flexibility index (Phi) is 25.6. The number of nitrogens with zero attached hydrogens (tertiary/aromatic N) is 3. The topological polar surface area (TPSA) is 89.5 Å². The first-order valence-electron chi connectivity index (χ1n) is 14.4. The van der Waals surface area contributed by atoms with Crippen molar-refractivity contribution >= 4 is 48.9 Å². The summed E-state index contributed by atoms with van der Waals surface area (Å²) in [7, 11) is 0. The summed E-state index contributed by atoms with van der Waals surface area (Å²) in [6.45, 7) is 19.5. The second kappa shape index (κ2) is 24.3. The van der Waals surface area contributed by atoms with Crippen molar-refractivity contribution in [3.63, 3.8) is 0 Å². The molecule has 0 aliphatic heterocycles. The molecule has 2 rings (SSSR count). The lowest BCUT2D eigenvalue weighted by atomic mass is 9.98. The number of hydrogen-bond acceptors (Lipinski definition) is 5. The first-order chi connectivity index (χ1) is 19.1. The number of hydrogen-bond donors (Lipinski definition) is 0. The number of halogens is 3. The predicted molar refractivity (Wildman–Crippen MR) is 190 cm³/mol. The van der Waals surface area contributed by atoms with E-state index in [0.717, 1.165) is 48.0 Å². The normalized spacial score (nSPS) is 11.6. The molecule has 2 aromatic rings. The molecule has 0 fully saturated rings. The Labute approximate surface area is 277 Å². The highest BCUT2D eigenvalue weighted by molar-refractivity contribution is 9.10. The van der Waals surface area contributed by atoms with E-state index in [2.05, 4.69) is 92.1 Å². The number of nitro benzene ring substituents is 2. The van der Waals surface area contributed by atoms with Gasteiger partial charge in [-0.1, -0.05) is 134 Å². The zero-order chi connectivity index (χ0) is 31.7. The molecule has 0 spiro atoms. The van der Waals surface area contributed by atoms with E-state index in [0.29, 0.717) is 22.0 Å². The molecule has 2 unspecified atom stereocenters. The maximum absolute atomic E-state index is 12.6. The summed E-state index contributed by atoms with van der Waals surface area (Å²) in [5.41, 5.74) is 0.370. The second-order valence-corrected chi connectivity index (χ2v) is 13.2. The SMILES string of the molecule is C.C.CCC(C)CCCC(C)C.CCC(C)CN(CC(C)C)c1ccc(Br)cc1[N+](=O)[O-].O=[N+]([O-])c1cc(Br)ccc1F. The van der Waals surface area contributed by atoms with Crippen LogP contribution in [0.2, 0.25) is 0 Å². The van der Waals surface area contributed by atoms with E-state index in [1.54, 1.807) is 6.07 Å². The summed E-state index contributed by atoms with van der Waals surface area (Å²) in [5, 5.41) is 21.4. The Hall–Kier alpha value is -2.07. The molecule has 0 aromatic heterocycles. The summed E-state index contributed by atoms with van der Waals surface area (Å²) in [6.07, 6.45) is 6.67. The second-order valence-electron chi connectivity index (χ2n) is 11.4. The van der Waals surface area contributed by atoms with E-state index in [-0.39, 0.29) is 25.5 Å². The maximum Gasteiger partial charge on any atom is 0.305 e. The van der Waals surface area contributed by atoms with Gasteiger partial charge in [0.25, 0.3) is 5.69 Å². The van der Waals surface area contributed by atoms with Gasteiger partial charge in [-0.15, -0.1) is 0 Å². The van der Waals surface area contributed by atoms with Crippen molar-refractivity contribution in [1.82, 2.24) is 0 Å². The van der Waals surface area contributed by atoms with Crippen LogP contribution in [-0.4, -0.2) is 22.9 Å². The van der Waals surface area contributed by atoms with Gasteiger partial charge in [0.15, 0.2) is 0 Å². The minimum atomic E-state index is -0.821. The smallest absolute Gasteiger partial charge is 0.305 e. The minimum Gasteiger partial charge on any atom is -0.365 e. The lowest BCUT2D eigenvalue weighted by Gasteiger charge is -2.29. The summed E-state index contributed by atoms with van der Waals surface area (Å²) in [5.74, 6) is 1.99. The molecule has 0 bridgehead atoms. The Morgan fingerprint density at radius 1 is 0.744 bits per heavy atom. The van der Waals surface area contributed by atoms with Gasteiger partial charge in [0.1, 0.15) is 5.69 Å². The number of benzene rings is 2. The molecule has 7 nitrogen and oxygen atoms in total. The van der Waals surface area contributed by atoms with Gasteiger partial charge >= 0.3 is 5.69 Å². The Morgan fingerprint density at radius 2 is 1.23 bits per heavy atom. The van der Waals surface area contributed by atoms with Crippen molar-refractivity contribution in [2.45, 2.75) is 102 Å². The minimum absolute atomic E-state index is 0. The van der Waals surface area contributed by atoms with Crippen LogP contribution in [0.5, 0.6) is 0 Å². The van der Waals surface area contributed by atoms with Gasteiger partial charge in [-0.05, 0) is 47.9 Å². The van der Waals surface area contributed by atoms with Crippen molar-refractivity contribution in [3.8, 4) is 0 Å². The first-order valence-corrected chi connectivity index (χ1v) is 16.0. The highest BCUT2D eigenvalue weighted by atomic mass is 79.9. The monoisotopic (exact) mass is 735 g/mol. The first kappa shape index (κ1) is 45.4. The molecule has 0 aliphatic carbocycles. The zero-order valence-electron chi connectivity index (χ0n) is 25.8. The highest BCUT2D eigenvalue weighted by Crippen LogP contribution is 2.32. The fraction of sp³-hybridized carbons (Fsp3) is 0.636. The summed E-state index contributed by atoms with van der Waals surface area (Å²) in [4.78, 5) is 22.5. The van der Waals surface area contributed by atoms with Crippen LogP contribution in [0.15, 0.2) is 45.3 Å². The zero-order valence-corrected chi connectivity index (χ0v) is 29.0. The average Bonchev–Trinajstić information content (AvgIpc) is 2.89. The molecule has 2 atom stereocenters. The van der Waals surface area contributed by atoms with Crippen LogP contribution in [0.1, 0.15) is 102 Å². The van der Waals surface area contributed by atoms with E-state index in [1.807, 2.05) is 12.1 Å². The molecular weight excluding hydrogens is 681 g/mol. The molecule has 0 N–H and O–H groups in total. The van der Waals surface area contributed by atoms with Crippen molar-refractivity contribution in [3.05, 3.63) is 71.4 Å². The molecule has 0 aliphatic rings. The third-order valence-corrected chi connectivity index (χ3v) is 7.56. The van der Waals surface area contributed by atoms with E-state index in [1.165, 1.54) is 31.7 Å². The van der Waals surface area contributed by atoms with Gasteiger partial charge in [0.05, 0.1) is 9.85 Å². The number of anilines is 1. The Bertz CT molecular complexity index is 1070. The molecule has 248 valence electrons. The Balaban J connectivity index is -0.000000594. The van der Waals surface area contributed by atoms with Crippen molar-refractivity contribution in [2.24, 2.45) is 23.7 Å². The fourth-order valence-corrected chi connectivity index (χ4v) is 4.53. The van der Waals surface area contributed by atoms with Crippen LogP contribution in [0.25, 0.3) is 0 Å². The van der Waals surface area contributed by atoms with Gasteiger partial charge in [0, 0.05) is 34.2 Å². The van der Waals surface area contributed by atoms with Gasteiger partial charge in [-0.2, -0.15) is 4.39 Å². The molecular formula is C33H56Br2FN3O4. The largest absolute Gasteiger partial charge is 0.365 e. The third kappa shape index (κ3) is 19.8. The number of nitro groups is 2. The van der Waals surface area contributed by atoms with Crippen LogP contribution in [0.4, 0.5) is 21.5 Å². The van der Waals surface area contributed by atoms with E-state index < -0.39 is 16.4 Å². The van der Waals surface area contributed by atoms with Gasteiger partial charge in [-0.3, -0.25) is 20.2 Å². The van der Waals surface area contributed by atoms with Gasteiger partial charge in [-0.25, -0.2) is 0 Å². The van der Waals surface area contributed by atoms with E-state index >= 15 is 0 Å². The highest BCUT2D eigenvalue weighted by Gasteiger charge is 2.21. The van der Waals surface area contributed by atoms with Crippen LogP contribution >= 0.6 is 31.9 Å². The molecule has 0 saturated heterocycles. The fourth-order valence-electron chi connectivity index (χ4n) is 3.83. The van der Waals surface area contributed by atoms with Crippen molar-refractivity contribution in [2.75, 3.05) is 18.0 Å². The van der Waals surface area contributed by atoms with Crippen molar-refractivity contribution < 1.29 is 14.2 Å². The van der Waals surface area contributed by atoms with E-state index in [4.69, 9.17) is 0 Å². The average molecular weight is 738 g/mol. The summed E-state index contributed by atoms with van der Waals surface area (Å²) >= 11 is 6.30. The van der Waals surface area contributed by atoms with Crippen LogP contribution in [0.3, 0.4) is 0 Å². The predicted octanol–water partition coefficient (Wildman–Crippen LogP) is 12.5. The van der Waals surface area contributed by atoms with Crippen LogP contribution < -0.4 is 4.90 Å². The van der Waals surface area contributed by atoms with Crippen molar-refractivity contribution in [1.29, 1.82) is 0 Å². The quantitative estimate of drug-likeness (QED) is 0.151. The third-order valence-electron chi connectivity index (χ3n) is 6.57. The Morgan fingerprint density at radius 3 is 1.65 bits per heavy atom. The lowest BCUT2D eigenvalue weighted by Crippen LogP contribution is -2.32. The van der Waals surface area contributed by atoms with Crippen LogP contribution in [0, 0.1) is 49.7 Å². The molecule has 43 heavy (non-hydrogen) atoms. The molecule has 0 saturated carbocycles. The van der Waals surface area contributed by atoms with Gasteiger partial charge in [0.2, 0.25) is 5.82 Å². The molecule has 0 heterocycles. The summed E-state index contributed by atoms with van der Waals surface area (Å²) < 4.78 is 13.8. The molecule has 0 amide bonds. The molecule has 10 heteroatoms. The van der Waals surface area contributed by atoms with Crippen LogP contribution in [-0.2, 0) is 0 Å². The lowest BCUT2D eigenvalue weighted by molar-refractivity contribution is -0.387. The molecule has 0 radical (unpaired) electrons. The summed E-state index contributed by atoms with van der Waals surface area (Å²) in [6, 6.07) is 8.86. The standard InChI is InChI=1S/C15H23BrN2O2.C10H22.C6H3BrFNO2.2CH4/c1-5-12(4)10-17(9-11(2)3)14-7-6-13(16)8-15(14)18(19)20;1-5-10(4)8-6-7-9(2)3;7-4-1-2-5(8)6(3-4)9(10)11;;/h6-8,11-12H,5,9-10H2,1-4H3;9-10H,5-8H2,1-4H3;1-3H;2*1H4. The maximum atomic E-state index is 12.6.